The van der Waals surface area contributed by atoms with Crippen LogP contribution in [0.3, 0.4) is 0 Å². The standard InChI is InChI=1S/C25H35NO5S.Na/c1-15(2)19-11-9-12-20(16(3)4)23(19)26(25(27)28)32(29,30)31-24-21(17(5)6)13-10-14-22(24)18(7)8;/h9-18H,1-8H3,(H,27,28);/q;+1/p-1. The fourth-order valence-corrected chi connectivity index (χ4v) is 4.86. The van der Waals surface area contributed by atoms with E-state index < -0.39 is 16.4 Å². The Hall–Kier alpha value is -1.54. The van der Waals surface area contributed by atoms with Gasteiger partial charge in [-0.25, -0.2) is 0 Å². The number of para-hydroxylation sites is 2. The fraction of sp³-hybridized carbons (Fsp3) is 0.480. The minimum atomic E-state index is -4.78. The quantitative estimate of drug-likeness (QED) is 0.539. The molecule has 0 unspecified atom stereocenters. The van der Waals surface area contributed by atoms with Gasteiger partial charge in [0.1, 0.15) is 0 Å². The molecule has 2 rings (SSSR count). The van der Waals surface area contributed by atoms with Crippen LogP contribution in [0.2, 0.25) is 0 Å². The van der Waals surface area contributed by atoms with Crippen molar-refractivity contribution in [3.63, 3.8) is 0 Å². The van der Waals surface area contributed by atoms with Crippen molar-refractivity contribution in [3.8, 4) is 5.75 Å². The number of hydrogen-bond donors (Lipinski definition) is 0. The summed E-state index contributed by atoms with van der Waals surface area (Å²) >= 11 is 0. The summed E-state index contributed by atoms with van der Waals surface area (Å²) in [6.45, 7) is 15.3. The van der Waals surface area contributed by atoms with E-state index in [1.54, 1.807) is 30.3 Å². The Morgan fingerprint density at radius 3 is 1.39 bits per heavy atom. The predicted molar refractivity (Wildman–Crippen MR) is 127 cm³/mol. The first-order valence-corrected chi connectivity index (χ1v) is 12.4. The van der Waals surface area contributed by atoms with Crippen LogP contribution in [0.25, 0.3) is 0 Å². The predicted octanol–water partition coefficient (Wildman–Crippen LogP) is 2.66. The van der Waals surface area contributed by atoms with Crippen LogP contribution in [-0.4, -0.2) is 14.5 Å². The summed E-state index contributed by atoms with van der Waals surface area (Å²) in [5.41, 5.74) is 2.66. The maximum Gasteiger partial charge on any atom is 1.00 e. The van der Waals surface area contributed by atoms with E-state index in [2.05, 4.69) is 0 Å². The molecule has 8 heteroatoms. The fourth-order valence-electron chi connectivity index (χ4n) is 3.76. The first-order chi connectivity index (χ1) is 14.8. The Bertz CT molecular complexity index is 1030. The third kappa shape index (κ3) is 6.53. The second kappa shape index (κ2) is 11.7. The number of hydrogen-bond acceptors (Lipinski definition) is 5. The summed E-state index contributed by atoms with van der Waals surface area (Å²) < 4.78 is 33.0. The van der Waals surface area contributed by atoms with E-state index in [1.807, 2.05) is 61.5 Å². The maximum absolute atomic E-state index is 13.5. The summed E-state index contributed by atoms with van der Waals surface area (Å²) in [4.78, 5) is 12.3. The van der Waals surface area contributed by atoms with Crippen molar-refractivity contribution in [2.45, 2.75) is 79.1 Å². The summed E-state index contributed by atoms with van der Waals surface area (Å²) in [7, 11) is -4.78. The number of anilines is 1. The molecule has 0 fully saturated rings. The van der Waals surface area contributed by atoms with E-state index in [1.165, 1.54) is 0 Å². The molecule has 0 bridgehead atoms. The smallest absolute Gasteiger partial charge is 0.529 e. The van der Waals surface area contributed by atoms with E-state index in [0.717, 1.165) is 0 Å². The van der Waals surface area contributed by atoms with Gasteiger partial charge < -0.3 is 14.1 Å². The molecule has 0 saturated carbocycles. The number of rotatable bonds is 8. The second-order valence-electron chi connectivity index (χ2n) is 9.24. The number of amides is 1. The van der Waals surface area contributed by atoms with Gasteiger partial charge in [0.2, 0.25) is 0 Å². The summed E-state index contributed by atoms with van der Waals surface area (Å²) in [5.74, 6) is -0.101. The molecule has 1 amide bonds. The van der Waals surface area contributed by atoms with Gasteiger partial charge in [0.25, 0.3) is 0 Å². The number of carbonyl (C=O) groups is 1. The molecule has 0 aliphatic heterocycles. The Morgan fingerprint density at radius 1 is 0.758 bits per heavy atom. The molecule has 0 radical (unpaired) electrons. The van der Waals surface area contributed by atoms with Crippen LogP contribution >= 0.6 is 0 Å². The van der Waals surface area contributed by atoms with Gasteiger partial charge in [-0.1, -0.05) is 91.8 Å². The van der Waals surface area contributed by atoms with Gasteiger partial charge in [0.05, 0.1) is 5.69 Å². The molecule has 0 saturated heterocycles. The van der Waals surface area contributed by atoms with E-state index in [9.17, 15) is 18.3 Å². The SMILES string of the molecule is CC(C)c1cccc(C(C)C)c1OS(=O)(=O)N(C(=O)[O-])c1c(C(C)C)cccc1C(C)C.[Na+]. The average Bonchev–Trinajstić information content (AvgIpc) is 2.66. The zero-order chi connectivity index (χ0) is 24.4. The molecule has 2 aromatic carbocycles. The number of carboxylic acid groups (broad SMARTS) is 1. The largest absolute Gasteiger partial charge is 1.00 e. The molecule has 0 aliphatic rings. The molecule has 33 heavy (non-hydrogen) atoms. The van der Waals surface area contributed by atoms with Crippen molar-refractivity contribution < 1.29 is 52.1 Å². The van der Waals surface area contributed by atoms with Crippen LogP contribution < -0.4 is 43.2 Å². The minimum absolute atomic E-state index is 0. The van der Waals surface area contributed by atoms with Crippen molar-refractivity contribution in [2.24, 2.45) is 0 Å². The van der Waals surface area contributed by atoms with Crippen LogP contribution in [0.4, 0.5) is 10.5 Å². The van der Waals surface area contributed by atoms with Crippen molar-refractivity contribution >= 4 is 22.1 Å². The van der Waals surface area contributed by atoms with Crippen LogP contribution in [0.15, 0.2) is 36.4 Å². The van der Waals surface area contributed by atoms with Crippen molar-refractivity contribution in [1.29, 1.82) is 0 Å². The number of benzene rings is 2. The van der Waals surface area contributed by atoms with Crippen LogP contribution in [0, 0.1) is 0 Å². The summed E-state index contributed by atoms with van der Waals surface area (Å²) in [6, 6.07) is 10.7. The minimum Gasteiger partial charge on any atom is -0.529 e. The molecule has 0 aliphatic carbocycles. The zero-order valence-corrected chi connectivity index (χ0v) is 24.0. The van der Waals surface area contributed by atoms with Crippen LogP contribution in [0.5, 0.6) is 5.75 Å². The first-order valence-electron chi connectivity index (χ1n) is 11.0. The molecule has 0 N–H and O–H groups in total. The zero-order valence-electron chi connectivity index (χ0n) is 21.2. The Kier molecular flexibility index (Phi) is 10.5. The van der Waals surface area contributed by atoms with Gasteiger partial charge in [-0.05, 0) is 45.9 Å². The first kappa shape index (κ1) is 29.5. The summed E-state index contributed by atoms with van der Waals surface area (Å²) in [6.07, 6.45) is -1.85. The molecule has 176 valence electrons. The number of nitrogens with zero attached hydrogens (tertiary/aromatic N) is 1. The monoisotopic (exact) mass is 483 g/mol. The van der Waals surface area contributed by atoms with Gasteiger partial charge in [-0.15, -0.1) is 0 Å². The topological polar surface area (TPSA) is 86.7 Å². The van der Waals surface area contributed by atoms with Gasteiger partial charge >= 0.3 is 39.9 Å². The molecule has 2 aromatic rings. The van der Waals surface area contributed by atoms with E-state index >= 15 is 0 Å². The average molecular weight is 484 g/mol. The van der Waals surface area contributed by atoms with Crippen molar-refractivity contribution in [3.05, 3.63) is 58.7 Å². The Morgan fingerprint density at radius 2 is 1.09 bits per heavy atom. The second-order valence-corrected chi connectivity index (χ2v) is 10.6. The normalized spacial score (nSPS) is 11.8. The van der Waals surface area contributed by atoms with Crippen LogP contribution in [-0.2, 0) is 10.3 Å². The van der Waals surface area contributed by atoms with Crippen molar-refractivity contribution in [2.75, 3.05) is 4.31 Å². The molecule has 6 nitrogen and oxygen atoms in total. The van der Waals surface area contributed by atoms with E-state index in [0.29, 0.717) is 26.6 Å². The van der Waals surface area contributed by atoms with Gasteiger partial charge in [0, 0.05) is 0 Å². The van der Waals surface area contributed by atoms with Gasteiger partial charge in [0.15, 0.2) is 11.8 Å². The number of carbonyl (C=O) groups excluding carboxylic acids is 1. The molecule has 0 spiro atoms. The Labute approximate surface area is 220 Å². The Balaban J connectivity index is 0.00000544. The summed E-state index contributed by atoms with van der Waals surface area (Å²) in [5, 5.41) is 12.3. The van der Waals surface area contributed by atoms with Crippen LogP contribution in [0.1, 0.15) is 101 Å². The third-order valence-electron chi connectivity index (χ3n) is 5.44. The maximum atomic E-state index is 13.5. The molecular formula is C25H34NNaO5S. The molecule has 0 aromatic heterocycles. The molecule has 0 heterocycles. The van der Waals surface area contributed by atoms with E-state index in [-0.39, 0.29) is 64.7 Å². The van der Waals surface area contributed by atoms with Gasteiger partial charge in [-0.3, -0.25) is 0 Å². The van der Waals surface area contributed by atoms with Gasteiger partial charge in [-0.2, -0.15) is 12.7 Å². The molecule has 0 atom stereocenters. The van der Waals surface area contributed by atoms with E-state index in [4.69, 9.17) is 4.18 Å². The van der Waals surface area contributed by atoms with Crippen molar-refractivity contribution in [1.82, 2.24) is 0 Å². The third-order valence-corrected chi connectivity index (χ3v) is 6.60. The molecular weight excluding hydrogens is 449 g/mol.